The van der Waals surface area contributed by atoms with Crippen molar-refractivity contribution in [1.29, 1.82) is 0 Å². The second-order valence-electron chi connectivity index (χ2n) is 5.24. The molecule has 0 spiro atoms. The Kier molecular flexibility index (Phi) is 3.91. The van der Waals surface area contributed by atoms with Crippen LogP contribution in [0.1, 0.15) is 15.9 Å². The van der Waals surface area contributed by atoms with Crippen LogP contribution < -0.4 is 4.90 Å². The molecular weight excluding hydrogens is 260 g/mol. The second kappa shape index (κ2) is 6.00. The molecule has 3 rings (SSSR count). The summed E-state index contributed by atoms with van der Waals surface area (Å²) in [4.78, 5) is 16.6. The number of carbonyl (C=O) groups is 1. The van der Waals surface area contributed by atoms with E-state index in [1.165, 1.54) is 5.69 Å². The first-order valence-corrected chi connectivity index (χ1v) is 7.19. The molecule has 106 valence electrons. The fourth-order valence-electron chi connectivity index (χ4n) is 2.61. The van der Waals surface area contributed by atoms with Gasteiger partial charge in [0.1, 0.15) is 0 Å². The third-order valence-electron chi connectivity index (χ3n) is 3.85. The zero-order chi connectivity index (χ0) is 14.7. The first kappa shape index (κ1) is 13.7. The quantitative estimate of drug-likeness (QED) is 0.843. The Morgan fingerprint density at radius 3 is 2.10 bits per heavy atom. The van der Waals surface area contributed by atoms with E-state index in [9.17, 15) is 4.79 Å². The van der Waals surface area contributed by atoms with Crippen LogP contribution in [0.3, 0.4) is 0 Å². The van der Waals surface area contributed by atoms with Crippen molar-refractivity contribution in [2.75, 3.05) is 31.1 Å². The van der Waals surface area contributed by atoms with Crippen LogP contribution in [0.4, 0.5) is 5.69 Å². The van der Waals surface area contributed by atoms with Gasteiger partial charge < -0.3 is 9.80 Å². The minimum absolute atomic E-state index is 0.0858. The molecule has 0 aromatic heterocycles. The van der Waals surface area contributed by atoms with Gasteiger partial charge in [0.2, 0.25) is 0 Å². The average Bonchev–Trinajstić information content (AvgIpc) is 2.56. The lowest BCUT2D eigenvalue weighted by Gasteiger charge is -2.36. The highest BCUT2D eigenvalue weighted by molar-refractivity contribution is 5.94. The van der Waals surface area contributed by atoms with Crippen LogP contribution in [0.2, 0.25) is 0 Å². The molecule has 2 aromatic rings. The molecule has 2 radical (unpaired) electrons. The number of nitrogens with zero attached hydrogens (tertiary/aromatic N) is 2. The van der Waals surface area contributed by atoms with Crippen LogP contribution in [0.15, 0.2) is 54.6 Å². The van der Waals surface area contributed by atoms with Crippen molar-refractivity contribution in [3.63, 3.8) is 0 Å². The Labute approximate surface area is 125 Å². The van der Waals surface area contributed by atoms with E-state index in [1.807, 2.05) is 23.1 Å². The van der Waals surface area contributed by atoms with Crippen LogP contribution in [0.5, 0.6) is 0 Å². The summed E-state index contributed by atoms with van der Waals surface area (Å²) in [5.41, 5.74) is 2.61. The monoisotopic (exact) mass is 278 g/mol. The number of benzene rings is 2. The number of carbonyl (C=O) groups excluding carboxylic acids is 1. The largest absolute Gasteiger partial charge is 0.368 e. The molecule has 1 amide bonds. The van der Waals surface area contributed by atoms with E-state index in [2.05, 4.69) is 17.0 Å². The van der Waals surface area contributed by atoms with E-state index < -0.39 is 0 Å². The van der Waals surface area contributed by atoms with Gasteiger partial charge in [0.05, 0.1) is 0 Å². The highest BCUT2D eigenvalue weighted by Crippen LogP contribution is 2.17. The minimum atomic E-state index is 0.0858. The number of para-hydroxylation sites is 1. The lowest BCUT2D eigenvalue weighted by Crippen LogP contribution is -2.48. The molecular formula is C18H18N2O. The van der Waals surface area contributed by atoms with Crippen molar-refractivity contribution < 1.29 is 4.79 Å². The Morgan fingerprint density at radius 2 is 1.48 bits per heavy atom. The molecule has 0 aliphatic carbocycles. The Bertz CT molecular complexity index is 599. The topological polar surface area (TPSA) is 23.6 Å². The summed E-state index contributed by atoms with van der Waals surface area (Å²) in [6.45, 7) is 8.88. The van der Waals surface area contributed by atoms with E-state index in [1.54, 1.807) is 24.3 Å². The summed E-state index contributed by atoms with van der Waals surface area (Å²) in [6, 6.07) is 17.4. The predicted octanol–water partition coefficient (Wildman–Crippen LogP) is 2.71. The first-order valence-electron chi connectivity index (χ1n) is 7.19. The van der Waals surface area contributed by atoms with Crippen LogP contribution in [-0.4, -0.2) is 37.0 Å². The number of anilines is 1. The van der Waals surface area contributed by atoms with Gasteiger partial charge in [-0.05, 0) is 36.8 Å². The number of amides is 1. The summed E-state index contributed by atoms with van der Waals surface area (Å²) in [7, 11) is 0. The molecule has 3 nitrogen and oxygen atoms in total. The van der Waals surface area contributed by atoms with Crippen LogP contribution >= 0.6 is 0 Å². The van der Waals surface area contributed by atoms with Gasteiger partial charge in [0, 0.05) is 37.4 Å². The number of hydrogen-bond acceptors (Lipinski definition) is 2. The summed E-state index contributed by atoms with van der Waals surface area (Å²) >= 11 is 0. The number of rotatable bonds is 2. The van der Waals surface area contributed by atoms with E-state index in [4.69, 9.17) is 6.92 Å². The van der Waals surface area contributed by atoms with Gasteiger partial charge in [-0.2, -0.15) is 0 Å². The normalized spacial score (nSPS) is 15.1. The van der Waals surface area contributed by atoms with Crippen molar-refractivity contribution in [3.05, 3.63) is 72.6 Å². The van der Waals surface area contributed by atoms with Gasteiger partial charge in [-0.1, -0.05) is 30.3 Å². The number of piperazine rings is 1. The van der Waals surface area contributed by atoms with Crippen molar-refractivity contribution >= 4 is 11.6 Å². The molecule has 0 unspecified atom stereocenters. The average molecular weight is 278 g/mol. The fraction of sp³-hybridized carbons (Fsp3) is 0.222. The predicted molar refractivity (Wildman–Crippen MR) is 84.4 cm³/mol. The molecule has 1 heterocycles. The highest BCUT2D eigenvalue weighted by atomic mass is 16.2. The molecule has 1 aliphatic rings. The standard InChI is InChI=1S/C18H18N2O/c1-15-7-9-16(10-8-15)18(21)20-13-11-19(12-14-20)17-5-3-2-4-6-17/h1-10H,11-14H2. The molecule has 0 saturated carbocycles. The maximum absolute atomic E-state index is 12.4. The van der Waals surface area contributed by atoms with Crippen molar-refractivity contribution in [3.8, 4) is 0 Å². The molecule has 1 fully saturated rings. The second-order valence-corrected chi connectivity index (χ2v) is 5.24. The molecule has 0 N–H and O–H groups in total. The van der Waals surface area contributed by atoms with E-state index in [0.29, 0.717) is 11.1 Å². The molecule has 1 saturated heterocycles. The maximum Gasteiger partial charge on any atom is 0.253 e. The third-order valence-corrected chi connectivity index (χ3v) is 3.85. The van der Waals surface area contributed by atoms with Gasteiger partial charge in [0.15, 0.2) is 0 Å². The summed E-state index contributed by atoms with van der Waals surface area (Å²) in [6.07, 6.45) is 0. The lowest BCUT2D eigenvalue weighted by molar-refractivity contribution is 0.0747. The SMILES string of the molecule is [CH]c1ccc(C(=O)N2CCN(c3ccccc3)CC2)cc1. The molecule has 0 atom stereocenters. The van der Waals surface area contributed by atoms with Crippen LogP contribution in [0, 0.1) is 6.92 Å². The van der Waals surface area contributed by atoms with E-state index in [-0.39, 0.29) is 5.91 Å². The van der Waals surface area contributed by atoms with Gasteiger partial charge in [-0.25, -0.2) is 0 Å². The molecule has 21 heavy (non-hydrogen) atoms. The van der Waals surface area contributed by atoms with Crippen molar-refractivity contribution in [2.24, 2.45) is 0 Å². The zero-order valence-electron chi connectivity index (χ0n) is 11.9. The minimum Gasteiger partial charge on any atom is -0.368 e. The van der Waals surface area contributed by atoms with Crippen molar-refractivity contribution in [1.82, 2.24) is 4.90 Å². The first-order chi connectivity index (χ1) is 10.2. The Hall–Kier alpha value is -2.29. The van der Waals surface area contributed by atoms with E-state index in [0.717, 1.165) is 26.2 Å². The number of hydrogen-bond donors (Lipinski definition) is 0. The van der Waals surface area contributed by atoms with Gasteiger partial charge >= 0.3 is 0 Å². The fourth-order valence-corrected chi connectivity index (χ4v) is 2.61. The Balaban J connectivity index is 1.63. The smallest absolute Gasteiger partial charge is 0.253 e. The maximum atomic E-state index is 12.4. The Morgan fingerprint density at radius 1 is 0.857 bits per heavy atom. The molecule has 2 aromatic carbocycles. The van der Waals surface area contributed by atoms with Gasteiger partial charge in [-0.15, -0.1) is 0 Å². The molecule has 3 heteroatoms. The zero-order valence-corrected chi connectivity index (χ0v) is 11.9. The van der Waals surface area contributed by atoms with Crippen LogP contribution in [-0.2, 0) is 0 Å². The lowest BCUT2D eigenvalue weighted by atomic mass is 10.1. The van der Waals surface area contributed by atoms with Crippen LogP contribution in [0.25, 0.3) is 0 Å². The molecule has 0 bridgehead atoms. The van der Waals surface area contributed by atoms with Gasteiger partial charge in [0.25, 0.3) is 5.91 Å². The van der Waals surface area contributed by atoms with Gasteiger partial charge in [-0.3, -0.25) is 4.79 Å². The summed E-state index contributed by atoms with van der Waals surface area (Å²) in [5.74, 6) is 0.0858. The summed E-state index contributed by atoms with van der Waals surface area (Å²) < 4.78 is 0. The van der Waals surface area contributed by atoms with E-state index >= 15 is 0 Å². The molecule has 1 aliphatic heterocycles. The third kappa shape index (κ3) is 3.07. The summed E-state index contributed by atoms with van der Waals surface area (Å²) in [5, 5.41) is 0. The van der Waals surface area contributed by atoms with Crippen molar-refractivity contribution in [2.45, 2.75) is 0 Å². The highest BCUT2D eigenvalue weighted by Gasteiger charge is 2.21.